The van der Waals surface area contributed by atoms with Gasteiger partial charge in [0, 0.05) is 13.3 Å². The van der Waals surface area contributed by atoms with E-state index in [0.717, 1.165) is 16.9 Å². The molecule has 2 aromatic heterocycles. The summed E-state index contributed by atoms with van der Waals surface area (Å²) < 4.78 is 69.9. The highest BCUT2D eigenvalue weighted by Crippen LogP contribution is 2.28. The van der Waals surface area contributed by atoms with Gasteiger partial charge in [0.2, 0.25) is 27.1 Å². The second-order valence-corrected chi connectivity index (χ2v) is 16.8. The van der Waals surface area contributed by atoms with Crippen LogP contribution in [0.15, 0.2) is 82.2 Å². The van der Waals surface area contributed by atoms with E-state index >= 15 is 0 Å². The summed E-state index contributed by atoms with van der Waals surface area (Å²) in [6.07, 6.45) is 0.580. The van der Waals surface area contributed by atoms with Crippen LogP contribution >= 0.6 is 11.3 Å². The molecule has 0 radical (unpaired) electrons. The van der Waals surface area contributed by atoms with Crippen LogP contribution < -0.4 is 14.8 Å². The molecule has 20 heteroatoms. The molecule has 2 unspecified atom stereocenters. The second-order valence-electron chi connectivity index (χ2n) is 13.0. The first kappa shape index (κ1) is 42.7. The Hall–Kier alpha value is -5.41. The fourth-order valence-electron chi connectivity index (χ4n) is 5.45. The molecule has 0 aliphatic heterocycles. The van der Waals surface area contributed by atoms with Gasteiger partial charge in [-0.2, -0.15) is 8.42 Å². The smallest absolute Gasteiger partial charge is 0.303 e. The number of Topliss-reactive ketones (excluding diaryl/α,β-unsaturated/α-hetero) is 1. The maximum Gasteiger partial charge on any atom is 0.303 e. The zero-order chi connectivity index (χ0) is 41.3. The molecule has 0 saturated heterocycles. The molecule has 302 valence electrons. The molecule has 3 aromatic carbocycles. The number of ketones is 1. The quantitative estimate of drug-likeness (QED) is 0.0373. The highest BCUT2D eigenvalue weighted by molar-refractivity contribution is 7.86. The molecule has 0 fully saturated rings. The summed E-state index contributed by atoms with van der Waals surface area (Å²) in [6.45, 7) is 5.82. The van der Waals surface area contributed by atoms with Crippen LogP contribution in [0.1, 0.15) is 43.6 Å². The SMILES string of the molecule is CC(=O)OC(COc1ccc(C[C@H](NC(=O)[C@H](C(C)C)n2cc(COc3ccc4nc(S(=O)O)sc4c3)nn2)C(=O)C=O)cc1)COS(=O)(=O)c1ccc(C)cc1. The second kappa shape index (κ2) is 19.2. The zero-order valence-electron chi connectivity index (χ0n) is 31.1. The highest BCUT2D eigenvalue weighted by atomic mass is 32.2. The van der Waals surface area contributed by atoms with Crippen LogP contribution in [0.3, 0.4) is 0 Å². The molecule has 2 heterocycles. The number of ether oxygens (including phenoxy) is 3. The van der Waals surface area contributed by atoms with E-state index in [9.17, 15) is 36.4 Å². The van der Waals surface area contributed by atoms with Crippen LogP contribution in [0.4, 0.5) is 0 Å². The van der Waals surface area contributed by atoms with Gasteiger partial charge in [-0.1, -0.05) is 48.9 Å². The number of nitrogens with one attached hydrogen (secondary N) is 1. The first-order chi connectivity index (χ1) is 27.1. The Bertz CT molecular complexity index is 2350. The number of fused-ring (bicyclic) bond motifs is 1. The van der Waals surface area contributed by atoms with Crippen LogP contribution in [-0.4, -0.2) is 86.5 Å². The summed E-state index contributed by atoms with van der Waals surface area (Å²) in [5, 5.41) is 10.9. The van der Waals surface area contributed by atoms with Crippen molar-refractivity contribution in [3.63, 3.8) is 0 Å². The molecule has 4 atom stereocenters. The molecular weight excluding hydrogens is 803 g/mol. The Kier molecular flexibility index (Phi) is 14.4. The molecule has 5 rings (SSSR count). The van der Waals surface area contributed by atoms with Crippen molar-refractivity contribution in [1.82, 2.24) is 25.3 Å². The van der Waals surface area contributed by atoms with Gasteiger partial charge in [-0.3, -0.25) is 23.4 Å². The van der Waals surface area contributed by atoms with E-state index in [1.54, 1.807) is 74.6 Å². The number of nitrogens with zero attached hydrogens (tertiary/aromatic N) is 4. The molecule has 0 aliphatic rings. The Labute approximate surface area is 334 Å². The van der Waals surface area contributed by atoms with E-state index in [1.165, 1.54) is 23.7 Å². The first-order valence-corrected chi connectivity index (χ1v) is 20.6. The molecule has 0 saturated carbocycles. The molecule has 2 N–H and O–H groups in total. The van der Waals surface area contributed by atoms with Crippen LogP contribution in [0.5, 0.6) is 11.5 Å². The number of hydrogen-bond acceptors (Lipinski definition) is 15. The monoisotopic (exact) mass is 841 g/mol. The minimum absolute atomic E-state index is 0.00436. The number of aldehydes is 1. The van der Waals surface area contributed by atoms with Crippen molar-refractivity contribution in [3.05, 3.63) is 89.7 Å². The lowest BCUT2D eigenvalue weighted by atomic mass is 10.00. The van der Waals surface area contributed by atoms with E-state index in [1.807, 2.05) is 6.92 Å². The fourth-order valence-corrected chi connectivity index (χ4v) is 7.84. The van der Waals surface area contributed by atoms with Crippen molar-refractivity contribution in [2.75, 3.05) is 13.2 Å². The average molecular weight is 842 g/mol. The number of rotatable bonds is 20. The zero-order valence-corrected chi connectivity index (χ0v) is 33.5. The van der Waals surface area contributed by atoms with E-state index in [2.05, 4.69) is 20.6 Å². The van der Waals surface area contributed by atoms with Crippen molar-refractivity contribution >= 4 is 66.7 Å². The summed E-state index contributed by atoms with van der Waals surface area (Å²) in [7, 11) is -4.13. The summed E-state index contributed by atoms with van der Waals surface area (Å²) in [5.41, 5.74) is 2.40. The van der Waals surface area contributed by atoms with Crippen molar-refractivity contribution in [2.24, 2.45) is 5.92 Å². The number of thiazole rings is 1. The number of esters is 1. The fraction of sp³-hybridized carbons (Fsp3) is 0.324. The van der Waals surface area contributed by atoms with Crippen molar-refractivity contribution in [1.29, 1.82) is 0 Å². The first-order valence-electron chi connectivity index (χ1n) is 17.3. The number of aromatic nitrogens is 4. The van der Waals surface area contributed by atoms with Gasteiger partial charge in [0.1, 0.15) is 43.1 Å². The van der Waals surface area contributed by atoms with Gasteiger partial charge in [0.25, 0.3) is 10.1 Å². The summed E-state index contributed by atoms with van der Waals surface area (Å²) in [5.74, 6) is -1.61. The number of amides is 1. The van der Waals surface area contributed by atoms with Gasteiger partial charge in [-0.15, -0.1) is 16.4 Å². The van der Waals surface area contributed by atoms with Crippen molar-refractivity contribution in [2.45, 2.75) is 68.1 Å². The Morgan fingerprint density at radius 3 is 2.35 bits per heavy atom. The third kappa shape index (κ3) is 11.8. The molecule has 5 aromatic rings. The van der Waals surface area contributed by atoms with Crippen LogP contribution in [0, 0.1) is 12.8 Å². The molecule has 1 amide bonds. The predicted molar refractivity (Wildman–Crippen MR) is 205 cm³/mol. The summed E-state index contributed by atoms with van der Waals surface area (Å²) in [6, 6.07) is 15.3. The minimum atomic E-state index is -4.13. The number of aryl methyl sites for hydroxylation is 1. The van der Waals surface area contributed by atoms with E-state index < -0.39 is 63.7 Å². The van der Waals surface area contributed by atoms with Gasteiger partial charge in [-0.05, 0) is 60.9 Å². The van der Waals surface area contributed by atoms with Crippen LogP contribution in [-0.2, 0) is 62.3 Å². The molecule has 17 nitrogen and oxygen atoms in total. The molecule has 0 spiro atoms. The number of benzene rings is 3. The van der Waals surface area contributed by atoms with Crippen molar-refractivity contribution in [3.8, 4) is 11.5 Å². The van der Waals surface area contributed by atoms with Gasteiger partial charge < -0.3 is 24.1 Å². The molecule has 57 heavy (non-hydrogen) atoms. The van der Waals surface area contributed by atoms with Crippen LogP contribution in [0.2, 0.25) is 0 Å². The molecule has 0 bridgehead atoms. The molecular formula is C37H39N5O12S3. The van der Waals surface area contributed by atoms with Gasteiger partial charge >= 0.3 is 5.97 Å². The normalized spacial score (nSPS) is 13.7. The number of hydrogen-bond donors (Lipinski definition) is 2. The topological polar surface area (TPSA) is 232 Å². The molecule has 0 aliphatic carbocycles. The third-order valence-electron chi connectivity index (χ3n) is 8.25. The summed E-state index contributed by atoms with van der Waals surface area (Å²) in [4.78, 5) is 53.7. The van der Waals surface area contributed by atoms with Crippen LogP contribution in [0.25, 0.3) is 10.2 Å². The number of carbonyl (C=O) groups excluding carboxylic acids is 4. The predicted octanol–water partition coefficient (Wildman–Crippen LogP) is 3.76. The lowest BCUT2D eigenvalue weighted by molar-refractivity contribution is -0.149. The maximum absolute atomic E-state index is 13.6. The van der Waals surface area contributed by atoms with E-state index in [4.69, 9.17) is 18.4 Å². The lowest BCUT2D eigenvalue weighted by Crippen LogP contribution is -2.47. The average Bonchev–Trinajstić information content (AvgIpc) is 3.82. The summed E-state index contributed by atoms with van der Waals surface area (Å²) >= 11 is -1.13. The maximum atomic E-state index is 13.6. The highest BCUT2D eigenvalue weighted by Gasteiger charge is 2.30. The van der Waals surface area contributed by atoms with Gasteiger partial charge in [-0.25, -0.2) is 13.9 Å². The third-order valence-corrected chi connectivity index (χ3v) is 11.4. The Balaban J connectivity index is 1.18. The largest absolute Gasteiger partial charge is 0.490 e. The lowest BCUT2D eigenvalue weighted by Gasteiger charge is -2.23. The van der Waals surface area contributed by atoms with Crippen molar-refractivity contribution < 1.29 is 54.8 Å². The van der Waals surface area contributed by atoms with Gasteiger partial charge in [0.05, 0.1) is 27.4 Å². The number of carbonyl (C=O) groups is 4. The Morgan fingerprint density at radius 1 is 1.00 bits per heavy atom. The van der Waals surface area contributed by atoms with E-state index in [0.29, 0.717) is 33.0 Å². The van der Waals surface area contributed by atoms with Gasteiger partial charge in [0.15, 0.2) is 12.4 Å². The van der Waals surface area contributed by atoms with E-state index in [-0.39, 0.29) is 41.1 Å². The standard InChI is InChI=1S/C37H39N5O12S3/c1-22(2)35(42-17-26(40-41-42)19-51-28-11-14-31-34(16-28)55-37(39-31)56(47)48)36(46)38-32(33(45)18-43)15-25-7-9-27(10-8-25)52-20-29(54-24(4)44)21-53-57(49,50)30-12-5-23(3)6-13-30/h5-14,16-18,22,29,32,35H,15,19-21H2,1-4H3,(H,38,46)(H,47,48)/t29?,32-,35-/m0/s1. The Morgan fingerprint density at radius 2 is 1.70 bits per heavy atom. The minimum Gasteiger partial charge on any atom is -0.490 e.